The Bertz CT molecular complexity index is 217. The summed E-state index contributed by atoms with van der Waals surface area (Å²) in [5, 5.41) is 0. The minimum Gasteiger partial charge on any atom is -0.353 e. The van der Waals surface area contributed by atoms with E-state index in [0.29, 0.717) is 0 Å². The Morgan fingerprint density at radius 3 is 2.67 bits per heavy atom. The SMILES string of the molecule is CC1=C[C@@H]2O[C@]2(C)C1=O. The van der Waals surface area contributed by atoms with Crippen molar-refractivity contribution in [2.45, 2.75) is 25.6 Å². The third kappa shape index (κ3) is 0.425. The summed E-state index contributed by atoms with van der Waals surface area (Å²) in [5.74, 6) is 0.160. The van der Waals surface area contributed by atoms with E-state index in [2.05, 4.69) is 0 Å². The molecule has 0 unspecified atom stereocenters. The highest BCUT2D eigenvalue weighted by Crippen LogP contribution is 2.45. The van der Waals surface area contributed by atoms with Gasteiger partial charge in [0.1, 0.15) is 6.10 Å². The van der Waals surface area contributed by atoms with Crippen LogP contribution in [-0.4, -0.2) is 17.5 Å². The van der Waals surface area contributed by atoms with Crippen molar-refractivity contribution >= 4 is 5.78 Å². The van der Waals surface area contributed by atoms with Gasteiger partial charge in [0.25, 0.3) is 0 Å². The van der Waals surface area contributed by atoms with Gasteiger partial charge in [-0.3, -0.25) is 4.79 Å². The smallest absolute Gasteiger partial charge is 0.192 e. The van der Waals surface area contributed by atoms with Crippen LogP contribution in [-0.2, 0) is 9.53 Å². The Labute approximate surface area is 53.5 Å². The van der Waals surface area contributed by atoms with E-state index >= 15 is 0 Å². The summed E-state index contributed by atoms with van der Waals surface area (Å²) in [6.45, 7) is 3.68. The van der Waals surface area contributed by atoms with Crippen LogP contribution in [0.4, 0.5) is 0 Å². The lowest BCUT2D eigenvalue weighted by molar-refractivity contribution is -0.119. The first-order chi connectivity index (χ1) is 4.14. The van der Waals surface area contributed by atoms with Crippen LogP contribution in [0.5, 0.6) is 0 Å². The van der Waals surface area contributed by atoms with Gasteiger partial charge >= 0.3 is 0 Å². The number of hydrogen-bond acceptors (Lipinski definition) is 2. The summed E-state index contributed by atoms with van der Waals surface area (Å²) in [5.41, 5.74) is 0.415. The molecule has 0 aromatic carbocycles. The molecule has 0 aromatic rings. The second-order valence-electron chi connectivity index (χ2n) is 2.82. The largest absolute Gasteiger partial charge is 0.353 e. The van der Waals surface area contributed by atoms with E-state index in [1.165, 1.54) is 0 Å². The fraction of sp³-hybridized carbons (Fsp3) is 0.571. The minimum atomic E-state index is -0.440. The summed E-state index contributed by atoms with van der Waals surface area (Å²) in [6, 6.07) is 0. The molecule has 0 aromatic heterocycles. The van der Waals surface area contributed by atoms with Crippen LogP contribution >= 0.6 is 0 Å². The fourth-order valence-corrected chi connectivity index (χ4v) is 1.30. The first kappa shape index (κ1) is 5.18. The molecule has 48 valence electrons. The summed E-state index contributed by atoms with van der Waals surface area (Å²) < 4.78 is 5.10. The average Bonchev–Trinajstić information content (AvgIpc) is 2.36. The van der Waals surface area contributed by atoms with E-state index < -0.39 is 5.60 Å². The Balaban J connectivity index is 2.41. The lowest BCUT2D eigenvalue weighted by atomic mass is 10.1. The van der Waals surface area contributed by atoms with E-state index in [-0.39, 0.29) is 11.9 Å². The topological polar surface area (TPSA) is 29.6 Å². The van der Waals surface area contributed by atoms with Crippen molar-refractivity contribution in [1.29, 1.82) is 0 Å². The monoisotopic (exact) mass is 124 g/mol. The van der Waals surface area contributed by atoms with E-state index in [4.69, 9.17) is 4.74 Å². The van der Waals surface area contributed by atoms with Crippen molar-refractivity contribution in [3.63, 3.8) is 0 Å². The second-order valence-corrected chi connectivity index (χ2v) is 2.82. The highest BCUT2D eigenvalue weighted by Gasteiger charge is 2.61. The van der Waals surface area contributed by atoms with Crippen molar-refractivity contribution in [2.24, 2.45) is 0 Å². The van der Waals surface area contributed by atoms with Gasteiger partial charge < -0.3 is 4.74 Å². The van der Waals surface area contributed by atoms with Crippen LogP contribution < -0.4 is 0 Å². The molecule has 0 bridgehead atoms. The fourth-order valence-electron chi connectivity index (χ4n) is 1.30. The molecule has 0 amide bonds. The summed E-state index contributed by atoms with van der Waals surface area (Å²) in [4.78, 5) is 11.1. The molecular weight excluding hydrogens is 116 g/mol. The molecule has 2 nitrogen and oxygen atoms in total. The number of rotatable bonds is 0. The van der Waals surface area contributed by atoms with Crippen LogP contribution in [0.1, 0.15) is 13.8 Å². The van der Waals surface area contributed by atoms with Crippen LogP contribution in [0.2, 0.25) is 0 Å². The van der Waals surface area contributed by atoms with Gasteiger partial charge in [-0.25, -0.2) is 0 Å². The quantitative estimate of drug-likeness (QED) is 0.444. The number of hydrogen-bond donors (Lipinski definition) is 0. The van der Waals surface area contributed by atoms with E-state index in [1.54, 1.807) is 0 Å². The van der Waals surface area contributed by atoms with Crippen LogP contribution in [0.25, 0.3) is 0 Å². The average molecular weight is 124 g/mol. The first-order valence-electron chi connectivity index (χ1n) is 3.05. The van der Waals surface area contributed by atoms with Crippen molar-refractivity contribution in [1.82, 2.24) is 0 Å². The molecule has 2 heteroatoms. The predicted molar refractivity (Wildman–Crippen MR) is 32.0 cm³/mol. The van der Waals surface area contributed by atoms with E-state index in [0.717, 1.165) is 5.57 Å². The van der Waals surface area contributed by atoms with Crippen molar-refractivity contribution in [3.05, 3.63) is 11.6 Å². The molecule has 1 aliphatic carbocycles. The molecular formula is C7H8O2. The number of ketones is 1. The number of carbonyl (C=O) groups is 1. The van der Waals surface area contributed by atoms with Crippen molar-refractivity contribution in [3.8, 4) is 0 Å². The molecule has 0 radical (unpaired) electrons. The maximum Gasteiger partial charge on any atom is 0.192 e. The Morgan fingerprint density at radius 1 is 1.78 bits per heavy atom. The van der Waals surface area contributed by atoms with Gasteiger partial charge in [0, 0.05) is 0 Å². The molecule has 1 saturated heterocycles. The van der Waals surface area contributed by atoms with Crippen LogP contribution in [0, 0.1) is 0 Å². The van der Waals surface area contributed by atoms with Gasteiger partial charge in [-0.2, -0.15) is 0 Å². The third-order valence-corrected chi connectivity index (χ3v) is 2.07. The van der Waals surface area contributed by atoms with Crippen molar-refractivity contribution in [2.75, 3.05) is 0 Å². The normalized spacial score (nSPS) is 46.7. The Kier molecular flexibility index (Phi) is 0.642. The minimum absolute atomic E-state index is 0.102. The number of epoxide rings is 1. The molecule has 2 aliphatic rings. The number of Topliss-reactive ketones (excluding diaryl/α,β-unsaturated/α-hetero) is 1. The number of carbonyl (C=O) groups excluding carboxylic acids is 1. The predicted octanol–water partition coefficient (Wildman–Crippen LogP) is 0.673. The number of fused-ring (bicyclic) bond motifs is 1. The summed E-state index contributed by atoms with van der Waals surface area (Å²) >= 11 is 0. The molecule has 2 rings (SSSR count). The lowest BCUT2D eigenvalue weighted by Crippen LogP contribution is -2.18. The van der Waals surface area contributed by atoms with Gasteiger partial charge in [-0.15, -0.1) is 0 Å². The Morgan fingerprint density at radius 2 is 2.44 bits per heavy atom. The first-order valence-corrected chi connectivity index (χ1v) is 3.05. The zero-order chi connectivity index (χ0) is 6.65. The van der Waals surface area contributed by atoms with Crippen LogP contribution in [0.15, 0.2) is 11.6 Å². The zero-order valence-corrected chi connectivity index (χ0v) is 5.47. The van der Waals surface area contributed by atoms with E-state index in [9.17, 15) is 4.79 Å². The summed E-state index contributed by atoms with van der Waals surface area (Å²) in [7, 11) is 0. The molecule has 0 spiro atoms. The number of ether oxygens (including phenoxy) is 1. The zero-order valence-electron chi connectivity index (χ0n) is 5.47. The van der Waals surface area contributed by atoms with E-state index in [1.807, 2.05) is 19.9 Å². The second kappa shape index (κ2) is 1.12. The Hall–Kier alpha value is -0.630. The molecule has 1 aliphatic heterocycles. The standard InChI is InChI=1S/C7H8O2/c1-4-3-5-7(2,9-5)6(4)8/h3,5H,1-2H3/t5-,7-/m0/s1. The lowest BCUT2D eigenvalue weighted by Gasteiger charge is -1.97. The molecule has 9 heavy (non-hydrogen) atoms. The highest BCUT2D eigenvalue weighted by atomic mass is 16.6. The molecule has 1 heterocycles. The van der Waals surface area contributed by atoms with Gasteiger partial charge in [0.05, 0.1) is 0 Å². The van der Waals surface area contributed by atoms with Gasteiger partial charge in [0.2, 0.25) is 0 Å². The van der Waals surface area contributed by atoms with Crippen LogP contribution in [0.3, 0.4) is 0 Å². The maximum atomic E-state index is 11.1. The van der Waals surface area contributed by atoms with Gasteiger partial charge in [-0.05, 0) is 25.5 Å². The molecule has 0 N–H and O–H groups in total. The summed E-state index contributed by atoms with van der Waals surface area (Å²) in [6.07, 6.45) is 1.99. The molecule has 0 saturated carbocycles. The molecule has 2 atom stereocenters. The maximum absolute atomic E-state index is 11.1. The van der Waals surface area contributed by atoms with Gasteiger partial charge in [-0.1, -0.05) is 0 Å². The van der Waals surface area contributed by atoms with Gasteiger partial charge in [0.15, 0.2) is 11.4 Å². The highest BCUT2D eigenvalue weighted by molar-refractivity contribution is 6.07. The molecule has 1 fully saturated rings. The van der Waals surface area contributed by atoms with Crippen molar-refractivity contribution < 1.29 is 9.53 Å². The third-order valence-electron chi connectivity index (χ3n) is 2.07.